The number of benzene rings is 3. The van der Waals surface area contributed by atoms with Gasteiger partial charge < -0.3 is 9.84 Å². The number of phenolic OH excluding ortho intramolecular Hbond substituents is 1. The lowest BCUT2D eigenvalue weighted by molar-refractivity contribution is 0.407. The van der Waals surface area contributed by atoms with E-state index < -0.39 is 0 Å². The number of ether oxygens (including phenoxy) is 1. The van der Waals surface area contributed by atoms with Crippen LogP contribution in [0.1, 0.15) is 16.7 Å². The molecule has 136 valence electrons. The molecule has 5 nitrogen and oxygen atoms in total. The van der Waals surface area contributed by atoms with Crippen LogP contribution in [0.4, 0.5) is 17.1 Å². The summed E-state index contributed by atoms with van der Waals surface area (Å²) < 4.78 is 5.09. The summed E-state index contributed by atoms with van der Waals surface area (Å²) >= 11 is 0. The van der Waals surface area contributed by atoms with Gasteiger partial charge in [-0.25, -0.2) is 0 Å². The molecule has 0 saturated heterocycles. The lowest BCUT2D eigenvalue weighted by Gasteiger charge is -2.04. The lowest BCUT2D eigenvalue weighted by atomic mass is 10.2. The third-order valence-electron chi connectivity index (χ3n) is 4.02. The average molecular weight is 359 g/mol. The van der Waals surface area contributed by atoms with Crippen LogP contribution in [0.15, 0.2) is 75.9 Å². The third-order valence-corrected chi connectivity index (χ3v) is 4.02. The number of phenols is 1. The molecule has 0 atom stereocenters. The maximum atomic E-state index is 10.1. The fourth-order valence-electron chi connectivity index (χ4n) is 2.44. The van der Waals surface area contributed by atoms with Crippen LogP contribution in [0.25, 0.3) is 0 Å². The highest BCUT2D eigenvalue weighted by Crippen LogP contribution is 2.31. The SMILES string of the molecule is COc1ccc(C=Nc2ccc(C)cc2N=Nc2ccc(C)cc2)c(O)c1. The summed E-state index contributed by atoms with van der Waals surface area (Å²) in [6.07, 6.45) is 1.60. The monoisotopic (exact) mass is 359 g/mol. The Morgan fingerprint density at radius 3 is 2.26 bits per heavy atom. The minimum absolute atomic E-state index is 0.105. The molecule has 1 N–H and O–H groups in total. The van der Waals surface area contributed by atoms with Crippen molar-refractivity contribution < 1.29 is 9.84 Å². The molecule has 0 saturated carbocycles. The van der Waals surface area contributed by atoms with Crippen molar-refractivity contribution in [1.82, 2.24) is 0 Å². The van der Waals surface area contributed by atoms with E-state index in [1.54, 1.807) is 31.5 Å². The molecule has 0 bridgehead atoms. The summed E-state index contributed by atoms with van der Waals surface area (Å²) in [5, 5.41) is 18.7. The Morgan fingerprint density at radius 2 is 1.56 bits per heavy atom. The van der Waals surface area contributed by atoms with Gasteiger partial charge in [0.25, 0.3) is 0 Å². The quantitative estimate of drug-likeness (QED) is 0.436. The molecule has 27 heavy (non-hydrogen) atoms. The molecule has 3 rings (SSSR count). The van der Waals surface area contributed by atoms with Crippen molar-refractivity contribution in [3.63, 3.8) is 0 Å². The fourth-order valence-corrected chi connectivity index (χ4v) is 2.44. The van der Waals surface area contributed by atoms with E-state index in [2.05, 4.69) is 15.2 Å². The van der Waals surface area contributed by atoms with E-state index in [0.717, 1.165) is 11.3 Å². The minimum Gasteiger partial charge on any atom is -0.507 e. The van der Waals surface area contributed by atoms with Crippen LogP contribution in [-0.4, -0.2) is 18.4 Å². The van der Waals surface area contributed by atoms with Crippen LogP contribution in [0, 0.1) is 13.8 Å². The van der Waals surface area contributed by atoms with Gasteiger partial charge in [0.05, 0.1) is 18.5 Å². The first-order chi connectivity index (χ1) is 13.0. The van der Waals surface area contributed by atoms with Gasteiger partial charge in [-0.3, -0.25) is 4.99 Å². The predicted octanol–water partition coefficient (Wildman–Crippen LogP) is 6.18. The van der Waals surface area contributed by atoms with E-state index in [1.165, 1.54) is 5.56 Å². The Kier molecular flexibility index (Phi) is 5.61. The van der Waals surface area contributed by atoms with E-state index in [-0.39, 0.29) is 5.75 Å². The Hall–Kier alpha value is -3.47. The van der Waals surface area contributed by atoms with Gasteiger partial charge in [0, 0.05) is 17.8 Å². The van der Waals surface area contributed by atoms with Crippen molar-refractivity contribution in [1.29, 1.82) is 0 Å². The molecule has 3 aromatic rings. The van der Waals surface area contributed by atoms with Gasteiger partial charge in [-0.2, -0.15) is 5.11 Å². The van der Waals surface area contributed by atoms with Crippen molar-refractivity contribution in [2.75, 3.05) is 7.11 Å². The number of nitrogens with zero attached hydrogens (tertiary/aromatic N) is 3. The van der Waals surface area contributed by atoms with Gasteiger partial charge in [-0.1, -0.05) is 23.8 Å². The second-order valence-electron chi connectivity index (χ2n) is 6.21. The average Bonchev–Trinajstić information content (AvgIpc) is 2.67. The predicted molar refractivity (Wildman–Crippen MR) is 108 cm³/mol. The topological polar surface area (TPSA) is 66.5 Å². The van der Waals surface area contributed by atoms with Gasteiger partial charge in [0.15, 0.2) is 0 Å². The largest absolute Gasteiger partial charge is 0.507 e. The van der Waals surface area contributed by atoms with Crippen molar-refractivity contribution >= 4 is 23.3 Å². The standard InChI is InChI=1S/C22H21N3O2/c1-15-4-8-18(9-5-15)24-25-21-12-16(2)6-11-20(21)23-14-17-7-10-19(27-3)13-22(17)26/h4-14,26H,1-3H3. The molecule has 0 fully saturated rings. The van der Waals surface area contributed by atoms with Crippen LogP contribution >= 0.6 is 0 Å². The Balaban J connectivity index is 1.88. The molecule has 0 amide bonds. The second-order valence-corrected chi connectivity index (χ2v) is 6.21. The zero-order valence-electron chi connectivity index (χ0n) is 15.5. The normalized spacial score (nSPS) is 11.4. The third kappa shape index (κ3) is 4.79. The Labute approximate surface area is 158 Å². The maximum Gasteiger partial charge on any atom is 0.128 e. The van der Waals surface area contributed by atoms with E-state index >= 15 is 0 Å². The van der Waals surface area contributed by atoms with Gasteiger partial charge in [0.2, 0.25) is 0 Å². The Morgan fingerprint density at radius 1 is 0.815 bits per heavy atom. The van der Waals surface area contributed by atoms with Crippen molar-refractivity contribution in [2.45, 2.75) is 13.8 Å². The summed E-state index contributed by atoms with van der Waals surface area (Å²) in [5.41, 5.74) is 4.96. The number of hydrogen-bond donors (Lipinski definition) is 1. The molecule has 0 radical (unpaired) electrons. The van der Waals surface area contributed by atoms with Gasteiger partial charge >= 0.3 is 0 Å². The number of hydrogen-bond acceptors (Lipinski definition) is 5. The fraction of sp³-hybridized carbons (Fsp3) is 0.136. The highest BCUT2D eigenvalue weighted by Gasteiger charge is 2.03. The summed E-state index contributed by atoms with van der Waals surface area (Å²) in [6, 6.07) is 18.7. The molecule has 0 aliphatic rings. The van der Waals surface area contributed by atoms with Gasteiger partial charge in [-0.05, 0) is 55.8 Å². The van der Waals surface area contributed by atoms with E-state index in [9.17, 15) is 5.11 Å². The van der Waals surface area contributed by atoms with Gasteiger partial charge in [-0.15, -0.1) is 5.11 Å². The zero-order chi connectivity index (χ0) is 19.2. The maximum absolute atomic E-state index is 10.1. The van der Waals surface area contributed by atoms with Crippen LogP contribution in [0.2, 0.25) is 0 Å². The number of rotatable bonds is 5. The smallest absolute Gasteiger partial charge is 0.128 e. The number of aromatic hydroxyl groups is 1. The lowest BCUT2D eigenvalue weighted by Crippen LogP contribution is -1.86. The molecule has 0 heterocycles. The van der Waals surface area contributed by atoms with Crippen molar-refractivity contribution in [3.8, 4) is 11.5 Å². The van der Waals surface area contributed by atoms with Gasteiger partial charge in [0.1, 0.15) is 17.2 Å². The number of aryl methyl sites for hydroxylation is 2. The van der Waals surface area contributed by atoms with Crippen LogP contribution < -0.4 is 4.74 Å². The van der Waals surface area contributed by atoms with E-state index in [0.29, 0.717) is 22.7 Å². The van der Waals surface area contributed by atoms with Crippen molar-refractivity contribution in [3.05, 3.63) is 77.4 Å². The summed E-state index contributed by atoms with van der Waals surface area (Å²) in [4.78, 5) is 4.48. The first-order valence-electron chi connectivity index (χ1n) is 8.55. The number of methoxy groups -OCH3 is 1. The molecular formula is C22H21N3O2. The van der Waals surface area contributed by atoms with Crippen molar-refractivity contribution in [2.24, 2.45) is 15.2 Å². The number of azo groups is 1. The first-order valence-corrected chi connectivity index (χ1v) is 8.55. The molecule has 3 aromatic carbocycles. The molecule has 0 aliphatic heterocycles. The van der Waals surface area contributed by atoms with E-state index in [4.69, 9.17) is 4.74 Å². The Bertz CT molecular complexity index is 993. The number of aliphatic imine (C=N–C) groups is 1. The molecule has 0 aliphatic carbocycles. The highest BCUT2D eigenvalue weighted by molar-refractivity contribution is 5.87. The summed E-state index contributed by atoms with van der Waals surface area (Å²) in [5.74, 6) is 0.695. The second kappa shape index (κ2) is 8.27. The minimum atomic E-state index is 0.105. The molecule has 0 spiro atoms. The van der Waals surface area contributed by atoms with Crippen LogP contribution in [-0.2, 0) is 0 Å². The zero-order valence-corrected chi connectivity index (χ0v) is 15.5. The van der Waals surface area contributed by atoms with E-state index in [1.807, 2.05) is 56.3 Å². The molecule has 5 heteroatoms. The summed E-state index contributed by atoms with van der Waals surface area (Å²) in [7, 11) is 1.56. The van der Waals surface area contributed by atoms with Crippen LogP contribution in [0.3, 0.4) is 0 Å². The molecule has 0 aromatic heterocycles. The summed E-state index contributed by atoms with van der Waals surface area (Å²) in [6.45, 7) is 4.02. The first kappa shape index (κ1) is 18.3. The molecular weight excluding hydrogens is 338 g/mol. The highest BCUT2D eigenvalue weighted by atomic mass is 16.5. The van der Waals surface area contributed by atoms with Crippen LogP contribution in [0.5, 0.6) is 11.5 Å². The molecule has 0 unspecified atom stereocenters.